The predicted octanol–water partition coefficient (Wildman–Crippen LogP) is 1.04. The quantitative estimate of drug-likeness (QED) is 0.743. The van der Waals surface area contributed by atoms with Crippen LogP contribution in [0.15, 0.2) is 17.5 Å². The van der Waals surface area contributed by atoms with Gasteiger partial charge in [-0.05, 0) is 11.4 Å². The van der Waals surface area contributed by atoms with Crippen LogP contribution in [0.5, 0.6) is 0 Å². The van der Waals surface area contributed by atoms with Crippen molar-refractivity contribution in [2.45, 2.75) is 6.42 Å². The van der Waals surface area contributed by atoms with Crippen LogP contribution in [0.4, 0.5) is 0 Å². The van der Waals surface area contributed by atoms with E-state index in [1.807, 2.05) is 5.38 Å². The van der Waals surface area contributed by atoms with Gasteiger partial charge in [-0.25, -0.2) is 0 Å². The van der Waals surface area contributed by atoms with Gasteiger partial charge in [0.1, 0.15) is 11.9 Å². The number of hydrogen-bond acceptors (Lipinski definition) is 3. The van der Waals surface area contributed by atoms with Crippen LogP contribution in [0, 0.1) is 0 Å². The third-order valence-corrected chi connectivity index (χ3v) is 2.97. The van der Waals surface area contributed by atoms with Gasteiger partial charge in [0.25, 0.3) is 0 Å². The van der Waals surface area contributed by atoms with E-state index in [9.17, 15) is 9.36 Å². The van der Waals surface area contributed by atoms with Crippen LogP contribution in [0.2, 0.25) is 0 Å². The van der Waals surface area contributed by atoms with Crippen LogP contribution in [0.3, 0.4) is 0 Å². The van der Waals surface area contributed by atoms with Crippen LogP contribution in [-0.4, -0.2) is 21.7 Å². The van der Waals surface area contributed by atoms with E-state index in [2.05, 4.69) is 0 Å². The van der Waals surface area contributed by atoms with E-state index < -0.39 is 19.5 Å². The normalized spacial score (nSPS) is 11.5. The Morgan fingerprint density at radius 3 is 2.69 bits per heavy atom. The van der Waals surface area contributed by atoms with Crippen molar-refractivity contribution in [1.82, 2.24) is 0 Å². The fourth-order valence-corrected chi connectivity index (χ4v) is 2.20. The van der Waals surface area contributed by atoms with E-state index in [-0.39, 0.29) is 6.42 Å². The van der Waals surface area contributed by atoms with E-state index in [4.69, 9.17) is 9.79 Å². The molecule has 0 saturated carbocycles. The molecule has 0 unspecified atom stereocenters. The van der Waals surface area contributed by atoms with Gasteiger partial charge in [0, 0.05) is 11.3 Å². The molecule has 0 radical (unpaired) electrons. The smallest absolute Gasteiger partial charge is 0.324 e. The van der Waals surface area contributed by atoms with Gasteiger partial charge < -0.3 is 9.79 Å². The van der Waals surface area contributed by atoms with Crippen LogP contribution in [-0.2, 0) is 15.8 Å². The van der Waals surface area contributed by atoms with Crippen molar-refractivity contribution in [1.29, 1.82) is 0 Å². The average molecular weight is 220 g/mol. The summed E-state index contributed by atoms with van der Waals surface area (Å²) < 4.78 is 10.4. The van der Waals surface area contributed by atoms with Crippen molar-refractivity contribution in [2.24, 2.45) is 0 Å². The first kappa shape index (κ1) is 10.6. The lowest BCUT2D eigenvalue weighted by Gasteiger charge is -2.00. The molecule has 0 saturated heterocycles. The zero-order valence-electron chi connectivity index (χ0n) is 6.71. The van der Waals surface area contributed by atoms with Crippen LogP contribution < -0.4 is 0 Å². The van der Waals surface area contributed by atoms with Crippen LogP contribution in [0.1, 0.15) is 4.88 Å². The molecule has 6 heteroatoms. The van der Waals surface area contributed by atoms with Gasteiger partial charge in [0.2, 0.25) is 0 Å². The molecule has 0 aliphatic rings. The zero-order chi connectivity index (χ0) is 9.90. The molecule has 2 N–H and O–H groups in total. The Morgan fingerprint density at radius 1 is 1.54 bits per heavy atom. The molecule has 1 aromatic rings. The molecule has 0 aliphatic heterocycles. The number of carbonyl (C=O) groups is 1. The molecular formula is C7H9O4PS. The lowest BCUT2D eigenvalue weighted by molar-refractivity contribution is -0.116. The highest BCUT2D eigenvalue weighted by Gasteiger charge is 2.18. The second kappa shape index (κ2) is 4.15. The van der Waals surface area contributed by atoms with Gasteiger partial charge >= 0.3 is 7.60 Å². The summed E-state index contributed by atoms with van der Waals surface area (Å²) in [6, 6.07) is 3.56. The van der Waals surface area contributed by atoms with Crippen LogP contribution in [0.25, 0.3) is 0 Å². The summed E-state index contributed by atoms with van der Waals surface area (Å²) in [5.41, 5.74) is 0. The predicted molar refractivity (Wildman–Crippen MR) is 49.9 cm³/mol. The fraction of sp³-hybridized carbons (Fsp3) is 0.286. The van der Waals surface area contributed by atoms with E-state index in [1.165, 1.54) is 11.3 Å². The molecule has 1 heterocycles. The van der Waals surface area contributed by atoms with Gasteiger partial charge in [0.05, 0.1) is 0 Å². The monoisotopic (exact) mass is 220 g/mol. The largest absolute Gasteiger partial charge is 0.332 e. The van der Waals surface area contributed by atoms with Gasteiger partial charge in [-0.3, -0.25) is 9.36 Å². The number of rotatable bonds is 4. The topological polar surface area (TPSA) is 74.6 Å². The summed E-state index contributed by atoms with van der Waals surface area (Å²) in [4.78, 5) is 28.9. The number of carbonyl (C=O) groups excluding carboxylic acids is 1. The number of Topliss-reactive ketones (excluding diaryl/α,β-unsaturated/α-hetero) is 1. The van der Waals surface area contributed by atoms with E-state index >= 15 is 0 Å². The van der Waals surface area contributed by atoms with Gasteiger partial charge in [-0.1, -0.05) is 6.07 Å². The first-order valence-corrected chi connectivity index (χ1v) is 6.24. The van der Waals surface area contributed by atoms with E-state index in [0.29, 0.717) is 0 Å². The molecule has 1 rings (SSSR count). The Balaban J connectivity index is 2.48. The molecular weight excluding hydrogens is 211 g/mol. The van der Waals surface area contributed by atoms with Gasteiger partial charge in [-0.15, -0.1) is 11.3 Å². The maximum Gasteiger partial charge on any atom is 0.332 e. The molecule has 0 atom stereocenters. The molecule has 0 bridgehead atoms. The fourth-order valence-electron chi connectivity index (χ4n) is 0.893. The minimum atomic E-state index is -4.19. The molecule has 0 spiro atoms. The maximum atomic E-state index is 11.0. The number of ketones is 1. The first-order valence-electron chi connectivity index (χ1n) is 3.56. The van der Waals surface area contributed by atoms with Crippen molar-refractivity contribution < 1.29 is 19.1 Å². The second-order valence-electron chi connectivity index (χ2n) is 2.62. The zero-order valence-corrected chi connectivity index (χ0v) is 8.42. The summed E-state index contributed by atoms with van der Waals surface area (Å²) in [6.07, 6.45) is -0.548. The molecule has 0 aromatic carbocycles. The lowest BCUT2D eigenvalue weighted by Crippen LogP contribution is -2.07. The van der Waals surface area contributed by atoms with Crippen molar-refractivity contribution >= 4 is 24.7 Å². The first-order chi connectivity index (χ1) is 5.97. The van der Waals surface area contributed by atoms with Crippen molar-refractivity contribution in [2.75, 3.05) is 6.16 Å². The summed E-state index contributed by atoms with van der Waals surface area (Å²) in [5.74, 6) is -0.421. The summed E-state index contributed by atoms with van der Waals surface area (Å²) >= 11 is 1.40. The highest BCUT2D eigenvalue weighted by molar-refractivity contribution is 7.52. The Kier molecular flexibility index (Phi) is 3.39. The minimum absolute atomic E-state index is 0.114. The lowest BCUT2D eigenvalue weighted by atomic mass is 10.3. The number of thiophene rings is 1. The van der Waals surface area contributed by atoms with Crippen molar-refractivity contribution in [3.05, 3.63) is 22.4 Å². The standard InChI is InChI=1S/C7H9O4PS/c8-6(5-12(9,10)11)4-7-2-1-3-13-7/h1-3H,4-5H2,(H2,9,10,11). The molecule has 0 amide bonds. The Morgan fingerprint density at radius 2 is 2.23 bits per heavy atom. The Hall–Kier alpha value is -0.480. The maximum absolute atomic E-state index is 11.0. The van der Waals surface area contributed by atoms with Gasteiger partial charge in [0.15, 0.2) is 0 Å². The Bertz CT molecular complexity index is 326. The Labute approximate surface area is 79.4 Å². The summed E-state index contributed by atoms with van der Waals surface area (Å²) in [5, 5.41) is 1.82. The van der Waals surface area contributed by atoms with Crippen molar-refractivity contribution in [3.63, 3.8) is 0 Å². The molecule has 72 valence electrons. The van der Waals surface area contributed by atoms with E-state index in [1.54, 1.807) is 12.1 Å². The van der Waals surface area contributed by atoms with Crippen LogP contribution >= 0.6 is 18.9 Å². The van der Waals surface area contributed by atoms with Gasteiger partial charge in [-0.2, -0.15) is 0 Å². The third kappa shape index (κ3) is 4.33. The van der Waals surface area contributed by atoms with E-state index in [0.717, 1.165) is 4.88 Å². The SMILES string of the molecule is O=C(Cc1cccs1)CP(=O)(O)O. The minimum Gasteiger partial charge on any atom is -0.324 e. The molecule has 0 aliphatic carbocycles. The molecule has 0 fully saturated rings. The third-order valence-electron chi connectivity index (χ3n) is 1.33. The molecule has 4 nitrogen and oxygen atoms in total. The summed E-state index contributed by atoms with van der Waals surface area (Å²) in [7, 11) is -4.19. The molecule has 13 heavy (non-hydrogen) atoms. The average Bonchev–Trinajstić information content (AvgIpc) is 2.34. The highest BCUT2D eigenvalue weighted by atomic mass is 32.1. The molecule has 1 aromatic heterocycles. The number of hydrogen-bond donors (Lipinski definition) is 2. The van der Waals surface area contributed by atoms with Crippen molar-refractivity contribution in [3.8, 4) is 0 Å². The second-order valence-corrected chi connectivity index (χ2v) is 5.30. The summed E-state index contributed by atoms with van der Waals surface area (Å²) in [6.45, 7) is 0. The highest BCUT2D eigenvalue weighted by Crippen LogP contribution is 2.34.